The number of aliphatic hydroxyl groups is 1. The maximum atomic E-state index is 13.8. The minimum absolute atomic E-state index is 0.0934. The summed E-state index contributed by atoms with van der Waals surface area (Å²) < 4.78 is 18.8. The number of thiophene rings is 1. The zero-order chi connectivity index (χ0) is 17.0. The Morgan fingerprint density at radius 3 is 2.87 bits per heavy atom. The van der Waals surface area contributed by atoms with Gasteiger partial charge in [-0.25, -0.2) is 9.18 Å². The van der Waals surface area contributed by atoms with Crippen LogP contribution in [0.25, 0.3) is 0 Å². The molecule has 1 atom stereocenters. The Morgan fingerprint density at radius 2 is 2.26 bits per heavy atom. The fraction of sp³-hybridized carbons (Fsp3) is 0.176. The van der Waals surface area contributed by atoms with Crippen molar-refractivity contribution in [2.45, 2.75) is 13.3 Å². The molecule has 0 saturated carbocycles. The first-order valence-electron chi connectivity index (χ1n) is 6.88. The molecular formula is C17H16FNO3S. The molecule has 0 saturated heterocycles. The first-order valence-corrected chi connectivity index (χ1v) is 7.76. The molecule has 2 rings (SSSR count). The molecule has 2 N–H and O–H groups in total. The quantitative estimate of drug-likeness (QED) is 0.357. The number of halogens is 1. The van der Waals surface area contributed by atoms with Crippen molar-refractivity contribution >= 4 is 23.5 Å². The fourth-order valence-electron chi connectivity index (χ4n) is 1.86. The van der Waals surface area contributed by atoms with Gasteiger partial charge in [0.15, 0.2) is 11.6 Å². The predicted molar refractivity (Wildman–Crippen MR) is 88.2 cm³/mol. The molecule has 1 aromatic carbocycles. The highest BCUT2D eigenvalue weighted by molar-refractivity contribution is 7.10. The van der Waals surface area contributed by atoms with Gasteiger partial charge in [-0.2, -0.15) is 0 Å². The van der Waals surface area contributed by atoms with Crippen LogP contribution in [-0.4, -0.2) is 17.3 Å². The van der Waals surface area contributed by atoms with Crippen LogP contribution in [0, 0.1) is 17.1 Å². The molecule has 23 heavy (non-hydrogen) atoms. The van der Waals surface area contributed by atoms with Crippen LogP contribution in [0.5, 0.6) is 5.75 Å². The van der Waals surface area contributed by atoms with Crippen molar-refractivity contribution in [3.05, 3.63) is 63.8 Å². The van der Waals surface area contributed by atoms with Gasteiger partial charge < -0.3 is 15.3 Å². The lowest BCUT2D eigenvalue weighted by atomic mass is 10.1. The molecule has 0 fully saturated rings. The van der Waals surface area contributed by atoms with Gasteiger partial charge in [-0.3, -0.25) is 0 Å². The molecule has 0 aliphatic heterocycles. The van der Waals surface area contributed by atoms with Gasteiger partial charge in [0.05, 0.1) is 11.3 Å². The first kappa shape index (κ1) is 16.9. The Morgan fingerprint density at radius 1 is 1.52 bits per heavy atom. The molecule has 6 heteroatoms. The lowest BCUT2D eigenvalue weighted by Crippen LogP contribution is -2.08. The zero-order valence-electron chi connectivity index (χ0n) is 12.5. The van der Waals surface area contributed by atoms with Crippen molar-refractivity contribution in [2.75, 3.05) is 0 Å². The van der Waals surface area contributed by atoms with Gasteiger partial charge >= 0.3 is 5.97 Å². The molecule has 1 heterocycles. The Balaban J connectivity index is 2.08. The van der Waals surface area contributed by atoms with Crippen LogP contribution in [0.1, 0.15) is 27.7 Å². The molecule has 0 amide bonds. The third-order valence-corrected chi connectivity index (χ3v) is 4.25. The molecule has 2 aromatic rings. The summed E-state index contributed by atoms with van der Waals surface area (Å²) in [4.78, 5) is 13.0. The molecule has 0 spiro atoms. The Bertz CT molecular complexity index is 754. The SMILES string of the molecule is C=C(O)C(C)Cc1cc(C(=O)Oc2ccc(C=N)cc2F)cs1. The standard InChI is InChI=1S/C17H16FNO3S/c1-10(11(2)20)5-14-7-13(9-23-14)17(21)22-16-4-3-12(8-19)6-15(16)18/h3-4,6-10,19-20H,2,5H2,1H3. The van der Waals surface area contributed by atoms with E-state index in [9.17, 15) is 14.3 Å². The van der Waals surface area contributed by atoms with Crippen molar-refractivity contribution in [1.29, 1.82) is 5.41 Å². The van der Waals surface area contributed by atoms with Gasteiger partial charge in [-0.05, 0) is 36.2 Å². The van der Waals surface area contributed by atoms with Crippen LogP contribution >= 0.6 is 11.3 Å². The molecule has 0 bridgehead atoms. The summed E-state index contributed by atoms with van der Waals surface area (Å²) in [6.07, 6.45) is 1.58. The number of carbonyl (C=O) groups is 1. The monoisotopic (exact) mass is 333 g/mol. The average Bonchev–Trinajstić information content (AvgIpc) is 2.97. The maximum absolute atomic E-state index is 13.8. The fourth-order valence-corrected chi connectivity index (χ4v) is 2.85. The number of hydrogen-bond donors (Lipinski definition) is 2. The van der Waals surface area contributed by atoms with Crippen molar-refractivity contribution < 1.29 is 19.0 Å². The smallest absolute Gasteiger partial charge is 0.344 e. The molecule has 1 unspecified atom stereocenters. The van der Waals surface area contributed by atoms with E-state index < -0.39 is 11.8 Å². The van der Waals surface area contributed by atoms with Gasteiger partial charge in [0.2, 0.25) is 0 Å². The lowest BCUT2D eigenvalue weighted by molar-refractivity contribution is 0.0728. The third-order valence-electron chi connectivity index (χ3n) is 3.29. The van der Waals surface area contributed by atoms with Crippen LogP contribution in [0.2, 0.25) is 0 Å². The number of aliphatic hydroxyl groups excluding tert-OH is 1. The van der Waals surface area contributed by atoms with E-state index in [-0.39, 0.29) is 17.4 Å². The van der Waals surface area contributed by atoms with Gasteiger partial charge in [0.1, 0.15) is 0 Å². The van der Waals surface area contributed by atoms with Crippen LogP contribution < -0.4 is 4.74 Å². The zero-order valence-corrected chi connectivity index (χ0v) is 13.3. The minimum Gasteiger partial charge on any atom is -0.513 e. The number of ether oxygens (including phenoxy) is 1. The second-order valence-electron chi connectivity index (χ2n) is 5.12. The highest BCUT2D eigenvalue weighted by Gasteiger charge is 2.15. The average molecular weight is 333 g/mol. The Hall–Kier alpha value is -2.47. The normalized spacial score (nSPS) is 11.7. The summed E-state index contributed by atoms with van der Waals surface area (Å²) in [6, 6.07) is 5.60. The first-order chi connectivity index (χ1) is 10.9. The molecule has 0 radical (unpaired) electrons. The summed E-state index contributed by atoms with van der Waals surface area (Å²) in [5.74, 6) is -1.53. The second-order valence-corrected chi connectivity index (χ2v) is 6.12. The Kier molecular flexibility index (Phi) is 5.28. The molecular weight excluding hydrogens is 317 g/mol. The van der Waals surface area contributed by atoms with Crippen molar-refractivity contribution in [1.82, 2.24) is 0 Å². The second kappa shape index (κ2) is 7.19. The topological polar surface area (TPSA) is 70.4 Å². The number of esters is 1. The van der Waals surface area contributed by atoms with E-state index in [4.69, 9.17) is 10.1 Å². The Labute approximate surface area is 137 Å². The summed E-state index contributed by atoms with van der Waals surface area (Å²) in [6.45, 7) is 5.32. The van der Waals surface area contributed by atoms with Crippen molar-refractivity contribution in [3.8, 4) is 5.75 Å². The summed E-state index contributed by atoms with van der Waals surface area (Å²) in [5, 5.41) is 18.0. The van der Waals surface area contributed by atoms with E-state index in [1.165, 1.54) is 23.5 Å². The number of rotatable bonds is 6. The van der Waals surface area contributed by atoms with Crippen LogP contribution in [0.15, 0.2) is 42.0 Å². The molecule has 0 aliphatic rings. The van der Waals surface area contributed by atoms with Crippen LogP contribution in [0.3, 0.4) is 0 Å². The van der Waals surface area contributed by atoms with Gasteiger partial charge in [-0.15, -0.1) is 11.3 Å². The number of benzene rings is 1. The van der Waals surface area contributed by atoms with Gasteiger partial charge in [-0.1, -0.05) is 13.5 Å². The highest BCUT2D eigenvalue weighted by atomic mass is 32.1. The molecule has 1 aromatic heterocycles. The van der Waals surface area contributed by atoms with Crippen molar-refractivity contribution in [3.63, 3.8) is 0 Å². The van der Waals surface area contributed by atoms with Gasteiger partial charge in [0, 0.05) is 22.4 Å². The summed E-state index contributed by atoms with van der Waals surface area (Å²) in [7, 11) is 0. The van der Waals surface area contributed by atoms with Gasteiger partial charge in [0.25, 0.3) is 0 Å². The number of carbonyl (C=O) groups excluding carboxylic acids is 1. The van der Waals surface area contributed by atoms with E-state index in [1.807, 2.05) is 6.92 Å². The maximum Gasteiger partial charge on any atom is 0.344 e. The third kappa shape index (κ3) is 4.26. The largest absolute Gasteiger partial charge is 0.513 e. The summed E-state index contributed by atoms with van der Waals surface area (Å²) >= 11 is 1.37. The number of allylic oxidation sites excluding steroid dienone is 1. The van der Waals surface area contributed by atoms with Crippen LogP contribution in [-0.2, 0) is 6.42 Å². The van der Waals surface area contributed by atoms with E-state index in [0.29, 0.717) is 17.5 Å². The molecule has 4 nitrogen and oxygen atoms in total. The number of hydrogen-bond acceptors (Lipinski definition) is 5. The highest BCUT2D eigenvalue weighted by Crippen LogP contribution is 2.23. The minimum atomic E-state index is -0.694. The molecule has 0 aliphatic carbocycles. The van der Waals surface area contributed by atoms with E-state index in [1.54, 1.807) is 11.4 Å². The van der Waals surface area contributed by atoms with Crippen LogP contribution in [0.4, 0.5) is 4.39 Å². The van der Waals surface area contributed by atoms with E-state index in [2.05, 4.69) is 6.58 Å². The summed E-state index contributed by atoms with van der Waals surface area (Å²) in [5.41, 5.74) is 0.717. The van der Waals surface area contributed by atoms with E-state index >= 15 is 0 Å². The molecule has 120 valence electrons. The predicted octanol–water partition coefficient (Wildman–Crippen LogP) is 4.35. The van der Waals surface area contributed by atoms with Crippen molar-refractivity contribution in [2.24, 2.45) is 5.92 Å². The number of nitrogens with one attached hydrogen (secondary N) is 1. The van der Waals surface area contributed by atoms with E-state index in [0.717, 1.165) is 17.2 Å². The lowest BCUT2D eigenvalue weighted by Gasteiger charge is -2.07.